The van der Waals surface area contributed by atoms with E-state index in [-0.39, 0.29) is 17.3 Å². The van der Waals surface area contributed by atoms with Gasteiger partial charge in [0.25, 0.3) is 0 Å². The summed E-state index contributed by atoms with van der Waals surface area (Å²) in [6.45, 7) is 1.40. The first-order chi connectivity index (χ1) is 8.59. The molecule has 1 aromatic heterocycles. The van der Waals surface area contributed by atoms with Gasteiger partial charge in [0.15, 0.2) is 0 Å². The normalized spacial score (nSPS) is 14.8. The lowest BCUT2D eigenvalue weighted by Gasteiger charge is -2.15. The van der Waals surface area contributed by atoms with Crippen molar-refractivity contribution >= 4 is 17.3 Å². The summed E-state index contributed by atoms with van der Waals surface area (Å²) in [7, 11) is 2.04. The second-order valence-electron chi connectivity index (χ2n) is 4.35. The van der Waals surface area contributed by atoms with Gasteiger partial charge in [-0.2, -0.15) is 0 Å². The summed E-state index contributed by atoms with van der Waals surface area (Å²) in [5.74, 6) is 0.0599. The summed E-state index contributed by atoms with van der Waals surface area (Å²) in [6.07, 6.45) is 3.68. The number of nitro groups is 1. The molecule has 98 valence electrons. The van der Waals surface area contributed by atoms with Crippen molar-refractivity contribution in [3.05, 3.63) is 16.4 Å². The molecule has 1 aliphatic carbocycles. The highest BCUT2D eigenvalue weighted by Gasteiger charge is 2.26. The first kappa shape index (κ1) is 12.5. The van der Waals surface area contributed by atoms with Crippen molar-refractivity contribution in [3.63, 3.8) is 0 Å². The first-order valence-corrected chi connectivity index (χ1v) is 5.78. The lowest BCUT2D eigenvalue weighted by molar-refractivity contribution is -0.383. The monoisotopic (exact) mass is 252 g/mol. The van der Waals surface area contributed by atoms with Gasteiger partial charge in [-0.05, 0) is 19.9 Å². The summed E-state index contributed by atoms with van der Waals surface area (Å²) in [4.78, 5) is 20.0. The highest BCUT2D eigenvalue weighted by Crippen LogP contribution is 2.27. The molecule has 0 unspecified atom stereocenters. The van der Waals surface area contributed by atoms with Crippen LogP contribution in [0.25, 0.3) is 0 Å². The molecule has 0 saturated heterocycles. The smallest absolute Gasteiger partial charge is 0.352 e. The van der Waals surface area contributed by atoms with E-state index in [1.807, 2.05) is 7.05 Å². The fourth-order valence-corrected chi connectivity index (χ4v) is 1.75. The van der Waals surface area contributed by atoms with Crippen LogP contribution in [0.5, 0.6) is 0 Å². The Labute approximate surface area is 104 Å². The first-order valence-electron chi connectivity index (χ1n) is 5.78. The number of hydrogen-bond donors (Lipinski definition) is 2. The molecule has 0 bridgehead atoms. The van der Waals surface area contributed by atoms with E-state index in [0.29, 0.717) is 12.6 Å². The van der Waals surface area contributed by atoms with Crippen LogP contribution >= 0.6 is 0 Å². The maximum absolute atomic E-state index is 10.9. The van der Waals surface area contributed by atoms with Crippen LogP contribution in [-0.4, -0.2) is 46.0 Å². The van der Waals surface area contributed by atoms with Gasteiger partial charge in [0.05, 0.1) is 4.92 Å². The fourth-order valence-electron chi connectivity index (χ4n) is 1.75. The van der Waals surface area contributed by atoms with Crippen LogP contribution in [0.2, 0.25) is 0 Å². The zero-order valence-corrected chi connectivity index (χ0v) is 10.2. The Morgan fingerprint density at radius 1 is 1.61 bits per heavy atom. The largest absolute Gasteiger partial charge is 0.378 e. The lowest BCUT2D eigenvalue weighted by Crippen LogP contribution is -2.27. The van der Waals surface area contributed by atoms with Gasteiger partial charge < -0.3 is 16.0 Å². The average molecular weight is 252 g/mol. The van der Waals surface area contributed by atoms with Gasteiger partial charge in [-0.1, -0.05) is 0 Å². The molecule has 1 heterocycles. The zero-order chi connectivity index (χ0) is 13.1. The van der Waals surface area contributed by atoms with Crippen molar-refractivity contribution in [1.82, 2.24) is 14.9 Å². The van der Waals surface area contributed by atoms with Crippen LogP contribution < -0.4 is 11.1 Å². The molecule has 2 rings (SSSR count). The molecular weight excluding hydrogens is 236 g/mol. The number of nitrogens with zero attached hydrogens (tertiary/aromatic N) is 4. The average Bonchev–Trinajstić information content (AvgIpc) is 3.12. The molecule has 0 amide bonds. The molecule has 0 atom stereocenters. The van der Waals surface area contributed by atoms with Crippen LogP contribution in [0.4, 0.5) is 17.3 Å². The molecule has 3 N–H and O–H groups in total. The summed E-state index contributed by atoms with van der Waals surface area (Å²) in [6, 6.07) is 0.664. The minimum atomic E-state index is -0.567. The molecular formula is C10H16N6O2. The maximum atomic E-state index is 10.9. The molecule has 0 aromatic carbocycles. The molecule has 1 aliphatic rings. The molecule has 8 heteroatoms. The quantitative estimate of drug-likeness (QED) is 0.559. The van der Waals surface area contributed by atoms with Crippen LogP contribution in [0.3, 0.4) is 0 Å². The topological polar surface area (TPSA) is 110 Å². The summed E-state index contributed by atoms with van der Waals surface area (Å²) in [5, 5.41) is 13.8. The number of nitrogens with one attached hydrogen (secondary N) is 1. The number of aromatic nitrogens is 2. The number of likely N-dealkylation sites (N-methyl/N-ethyl adjacent to an activating group) is 1. The van der Waals surface area contributed by atoms with E-state index in [4.69, 9.17) is 5.73 Å². The SMILES string of the molecule is CN(CCNc1ncnc(N)c1[N+](=O)[O-])C1CC1. The van der Waals surface area contributed by atoms with E-state index in [1.165, 1.54) is 19.2 Å². The predicted molar refractivity (Wildman–Crippen MR) is 67.2 cm³/mol. The molecule has 18 heavy (non-hydrogen) atoms. The van der Waals surface area contributed by atoms with Crippen molar-refractivity contribution < 1.29 is 4.92 Å². The molecule has 1 aromatic rings. The van der Waals surface area contributed by atoms with E-state index in [2.05, 4.69) is 20.2 Å². The third-order valence-electron chi connectivity index (χ3n) is 2.96. The lowest BCUT2D eigenvalue weighted by atomic mass is 10.4. The second-order valence-corrected chi connectivity index (χ2v) is 4.35. The Morgan fingerprint density at radius 2 is 2.33 bits per heavy atom. The minimum absolute atomic E-state index is 0.118. The second kappa shape index (κ2) is 5.13. The molecule has 0 radical (unpaired) electrons. The highest BCUT2D eigenvalue weighted by atomic mass is 16.6. The van der Waals surface area contributed by atoms with E-state index in [1.54, 1.807) is 0 Å². The summed E-state index contributed by atoms with van der Waals surface area (Å²) in [5.41, 5.74) is 5.21. The Kier molecular flexibility index (Phi) is 3.56. The fraction of sp³-hybridized carbons (Fsp3) is 0.600. The predicted octanol–water partition coefficient (Wildman–Crippen LogP) is 0.473. The third-order valence-corrected chi connectivity index (χ3v) is 2.96. The Hall–Kier alpha value is -1.96. The van der Waals surface area contributed by atoms with Crippen LogP contribution in [0, 0.1) is 10.1 Å². The summed E-state index contributed by atoms with van der Waals surface area (Å²) >= 11 is 0. The van der Waals surface area contributed by atoms with Crippen molar-refractivity contribution in [1.29, 1.82) is 0 Å². The van der Waals surface area contributed by atoms with Crippen molar-refractivity contribution in [2.75, 3.05) is 31.2 Å². The highest BCUT2D eigenvalue weighted by molar-refractivity contribution is 5.67. The van der Waals surface area contributed by atoms with E-state index >= 15 is 0 Å². The van der Waals surface area contributed by atoms with Crippen molar-refractivity contribution in [2.24, 2.45) is 0 Å². The zero-order valence-electron chi connectivity index (χ0n) is 10.2. The number of nitrogen functional groups attached to an aromatic ring is 1. The molecule has 1 fully saturated rings. The van der Waals surface area contributed by atoms with Crippen LogP contribution in [0.15, 0.2) is 6.33 Å². The van der Waals surface area contributed by atoms with Gasteiger partial charge >= 0.3 is 5.69 Å². The van der Waals surface area contributed by atoms with E-state index in [0.717, 1.165) is 6.54 Å². The molecule has 8 nitrogen and oxygen atoms in total. The van der Waals surface area contributed by atoms with Crippen molar-refractivity contribution in [2.45, 2.75) is 18.9 Å². The number of anilines is 2. The Bertz CT molecular complexity index is 448. The van der Waals surface area contributed by atoms with Gasteiger partial charge in [-0.25, -0.2) is 9.97 Å². The van der Waals surface area contributed by atoms with Crippen molar-refractivity contribution in [3.8, 4) is 0 Å². The van der Waals surface area contributed by atoms with E-state index < -0.39 is 4.92 Å². The number of hydrogen-bond acceptors (Lipinski definition) is 7. The molecule has 1 saturated carbocycles. The molecule has 0 spiro atoms. The maximum Gasteiger partial charge on any atom is 0.352 e. The number of rotatable bonds is 6. The van der Waals surface area contributed by atoms with Gasteiger partial charge in [-0.3, -0.25) is 10.1 Å². The van der Waals surface area contributed by atoms with Crippen LogP contribution in [-0.2, 0) is 0 Å². The molecule has 0 aliphatic heterocycles. The van der Waals surface area contributed by atoms with Gasteiger partial charge in [-0.15, -0.1) is 0 Å². The number of nitrogens with two attached hydrogens (primary N) is 1. The van der Waals surface area contributed by atoms with Crippen LogP contribution in [0.1, 0.15) is 12.8 Å². The van der Waals surface area contributed by atoms with Gasteiger partial charge in [0.1, 0.15) is 6.33 Å². The Balaban J connectivity index is 1.95. The van der Waals surface area contributed by atoms with Gasteiger partial charge in [0, 0.05) is 19.1 Å². The third kappa shape index (κ3) is 2.83. The standard InChI is InChI=1S/C10H16N6O2/c1-15(7-2-3-7)5-4-12-10-8(16(17)18)9(11)13-6-14-10/h6-7H,2-5H2,1H3,(H3,11,12,13,14). The Morgan fingerprint density at radius 3 is 2.94 bits per heavy atom. The van der Waals surface area contributed by atoms with E-state index in [9.17, 15) is 10.1 Å². The van der Waals surface area contributed by atoms with Gasteiger partial charge in [0.2, 0.25) is 11.6 Å². The minimum Gasteiger partial charge on any atom is -0.378 e. The summed E-state index contributed by atoms with van der Waals surface area (Å²) < 4.78 is 0.